The van der Waals surface area contributed by atoms with E-state index in [4.69, 9.17) is 4.74 Å². The monoisotopic (exact) mass is 272 g/mol. The van der Waals surface area contributed by atoms with E-state index in [1.807, 2.05) is 13.8 Å². The molecule has 0 bridgehead atoms. The maximum atomic E-state index is 12.1. The van der Waals surface area contributed by atoms with E-state index < -0.39 is 17.4 Å². The van der Waals surface area contributed by atoms with Crippen molar-refractivity contribution in [1.29, 1.82) is 0 Å². The third kappa shape index (κ3) is 5.62. The van der Waals surface area contributed by atoms with Crippen LogP contribution in [0, 0.1) is 17.3 Å². The van der Waals surface area contributed by atoms with Crippen molar-refractivity contribution in [2.45, 2.75) is 60.3 Å². The minimum Gasteiger partial charge on any atom is -0.480 e. The number of carboxylic acid groups (broad SMARTS) is 1. The Labute approximate surface area is 116 Å². The fraction of sp³-hybridized carbons (Fsp3) is 0.867. The molecule has 0 saturated heterocycles. The largest absolute Gasteiger partial charge is 0.480 e. The van der Waals surface area contributed by atoms with E-state index in [2.05, 4.69) is 13.8 Å². The van der Waals surface area contributed by atoms with Crippen LogP contribution >= 0.6 is 0 Å². The molecular weight excluding hydrogens is 244 g/mol. The molecule has 0 aliphatic rings. The number of hydrogen-bond acceptors (Lipinski definition) is 3. The Bertz CT molecular complexity index is 297. The summed E-state index contributed by atoms with van der Waals surface area (Å²) < 4.78 is 5.01. The van der Waals surface area contributed by atoms with Gasteiger partial charge in [-0.05, 0) is 31.6 Å². The highest BCUT2D eigenvalue weighted by Crippen LogP contribution is 2.35. The molecule has 0 aliphatic heterocycles. The maximum absolute atomic E-state index is 12.1. The predicted octanol–water partition coefficient (Wildman–Crippen LogP) is 3.49. The number of carbonyl (C=O) groups excluding carboxylic acids is 1. The lowest BCUT2D eigenvalue weighted by molar-refractivity contribution is -0.170. The van der Waals surface area contributed by atoms with Crippen LogP contribution in [-0.2, 0) is 14.3 Å². The van der Waals surface area contributed by atoms with Crippen LogP contribution in [0.5, 0.6) is 0 Å². The van der Waals surface area contributed by atoms with Gasteiger partial charge in [0.25, 0.3) is 0 Å². The van der Waals surface area contributed by atoms with E-state index in [0.29, 0.717) is 18.8 Å². The zero-order valence-electron chi connectivity index (χ0n) is 12.9. The van der Waals surface area contributed by atoms with E-state index in [1.54, 1.807) is 6.92 Å². The third-order valence-electron chi connectivity index (χ3n) is 3.22. The molecule has 1 atom stereocenters. The number of rotatable bonds is 9. The molecular formula is C15H28O4. The van der Waals surface area contributed by atoms with Gasteiger partial charge in [0.05, 0.1) is 6.61 Å². The minimum absolute atomic E-state index is 0.138. The van der Waals surface area contributed by atoms with E-state index >= 15 is 0 Å². The summed E-state index contributed by atoms with van der Waals surface area (Å²) >= 11 is 0. The first-order valence-corrected chi connectivity index (χ1v) is 7.16. The standard InChI is InChI=1S/C15H28O4/c1-6-19-14(18)15(13(16)17,10-12(4)5)9-7-8-11(2)3/h11-12H,6-10H2,1-5H3,(H,16,17). The Balaban J connectivity index is 5.03. The van der Waals surface area contributed by atoms with Crippen LogP contribution < -0.4 is 0 Å². The summed E-state index contributed by atoms with van der Waals surface area (Å²) in [5, 5.41) is 9.53. The Morgan fingerprint density at radius 2 is 1.74 bits per heavy atom. The average Bonchev–Trinajstić information content (AvgIpc) is 2.26. The highest BCUT2D eigenvalue weighted by Gasteiger charge is 2.47. The maximum Gasteiger partial charge on any atom is 0.323 e. The lowest BCUT2D eigenvalue weighted by Crippen LogP contribution is -2.42. The lowest BCUT2D eigenvalue weighted by atomic mass is 9.75. The normalized spacial score (nSPS) is 14.5. The van der Waals surface area contributed by atoms with Crippen LogP contribution in [-0.4, -0.2) is 23.7 Å². The first kappa shape index (κ1) is 17.9. The molecule has 0 heterocycles. The van der Waals surface area contributed by atoms with Crippen molar-refractivity contribution in [2.24, 2.45) is 17.3 Å². The molecule has 0 radical (unpaired) electrons. The van der Waals surface area contributed by atoms with E-state index in [0.717, 1.165) is 12.8 Å². The molecule has 1 unspecified atom stereocenters. The summed E-state index contributed by atoms with van der Waals surface area (Å²) in [7, 11) is 0. The van der Waals surface area contributed by atoms with Crippen molar-refractivity contribution in [3.05, 3.63) is 0 Å². The summed E-state index contributed by atoms with van der Waals surface area (Å²) in [5.74, 6) is -0.990. The molecule has 0 amide bonds. The Morgan fingerprint density at radius 3 is 2.11 bits per heavy atom. The van der Waals surface area contributed by atoms with Crippen molar-refractivity contribution < 1.29 is 19.4 Å². The van der Waals surface area contributed by atoms with Gasteiger partial charge in [-0.3, -0.25) is 9.59 Å². The summed E-state index contributed by atoms with van der Waals surface area (Å²) in [6, 6.07) is 0. The highest BCUT2D eigenvalue weighted by atomic mass is 16.5. The van der Waals surface area contributed by atoms with Crippen molar-refractivity contribution >= 4 is 11.9 Å². The lowest BCUT2D eigenvalue weighted by Gasteiger charge is -2.29. The van der Waals surface area contributed by atoms with Crippen LogP contribution in [0.1, 0.15) is 60.3 Å². The number of aliphatic carboxylic acids is 1. The molecule has 0 aromatic rings. The SMILES string of the molecule is CCOC(=O)C(CCCC(C)C)(CC(C)C)C(=O)O. The molecule has 0 fully saturated rings. The topological polar surface area (TPSA) is 63.6 Å². The zero-order chi connectivity index (χ0) is 15.1. The number of carbonyl (C=O) groups is 2. The van der Waals surface area contributed by atoms with Gasteiger partial charge >= 0.3 is 11.9 Å². The summed E-state index contributed by atoms with van der Waals surface area (Å²) in [5.41, 5.74) is -1.38. The minimum atomic E-state index is -1.38. The molecule has 0 aromatic heterocycles. The smallest absolute Gasteiger partial charge is 0.323 e. The number of carboxylic acids is 1. The van der Waals surface area contributed by atoms with E-state index in [1.165, 1.54) is 0 Å². The summed E-state index contributed by atoms with van der Waals surface area (Å²) in [4.78, 5) is 23.8. The van der Waals surface area contributed by atoms with Crippen LogP contribution in [0.25, 0.3) is 0 Å². The van der Waals surface area contributed by atoms with Gasteiger partial charge in [-0.25, -0.2) is 0 Å². The van der Waals surface area contributed by atoms with Crippen molar-refractivity contribution in [1.82, 2.24) is 0 Å². The molecule has 4 heteroatoms. The van der Waals surface area contributed by atoms with Gasteiger partial charge < -0.3 is 9.84 Å². The second-order valence-corrected chi connectivity index (χ2v) is 5.99. The second-order valence-electron chi connectivity index (χ2n) is 5.99. The Kier molecular flexibility index (Phi) is 7.72. The predicted molar refractivity (Wildman–Crippen MR) is 74.8 cm³/mol. The van der Waals surface area contributed by atoms with E-state index in [-0.39, 0.29) is 12.5 Å². The quantitative estimate of drug-likeness (QED) is 0.515. The molecule has 19 heavy (non-hydrogen) atoms. The van der Waals surface area contributed by atoms with Crippen LogP contribution in [0.3, 0.4) is 0 Å². The van der Waals surface area contributed by atoms with Gasteiger partial charge in [-0.1, -0.05) is 40.5 Å². The summed E-state index contributed by atoms with van der Waals surface area (Å²) in [6.45, 7) is 9.97. The van der Waals surface area contributed by atoms with Crippen LogP contribution in [0.15, 0.2) is 0 Å². The Hall–Kier alpha value is -1.06. The molecule has 0 aliphatic carbocycles. The molecule has 0 saturated carbocycles. The van der Waals surface area contributed by atoms with Crippen molar-refractivity contribution in [3.63, 3.8) is 0 Å². The van der Waals surface area contributed by atoms with Gasteiger partial charge in [-0.2, -0.15) is 0 Å². The van der Waals surface area contributed by atoms with Gasteiger partial charge in [0.15, 0.2) is 5.41 Å². The third-order valence-corrected chi connectivity index (χ3v) is 3.22. The van der Waals surface area contributed by atoms with Crippen LogP contribution in [0.4, 0.5) is 0 Å². The van der Waals surface area contributed by atoms with Gasteiger partial charge in [0.1, 0.15) is 0 Å². The average molecular weight is 272 g/mol. The molecule has 4 nitrogen and oxygen atoms in total. The molecule has 0 aromatic carbocycles. The fourth-order valence-electron chi connectivity index (χ4n) is 2.35. The molecule has 1 N–H and O–H groups in total. The summed E-state index contributed by atoms with van der Waals surface area (Å²) in [6.07, 6.45) is 2.35. The molecule has 0 rings (SSSR count). The van der Waals surface area contributed by atoms with E-state index in [9.17, 15) is 14.7 Å². The number of hydrogen-bond donors (Lipinski definition) is 1. The van der Waals surface area contributed by atoms with Crippen molar-refractivity contribution in [3.8, 4) is 0 Å². The molecule has 112 valence electrons. The molecule has 0 spiro atoms. The highest BCUT2D eigenvalue weighted by molar-refractivity contribution is 5.99. The zero-order valence-corrected chi connectivity index (χ0v) is 12.9. The Morgan fingerprint density at radius 1 is 1.16 bits per heavy atom. The number of esters is 1. The van der Waals surface area contributed by atoms with Crippen LogP contribution in [0.2, 0.25) is 0 Å². The van der Waals surface area contributed by atoms with Crippen molar-refractivity contribution in [2.75, 3.05) is 6.61 Å². The first-order chi connectivity index (χ1) is 8.76. The fourth-order valence-corrected chi connectivity index (χ4v) is 2.35. The van der Waals surface area contributed by atoms with Gasteiger partial charge in [-0.15, -0.1) is 0 Å². The number of ether oxygens (including phenoxy) is 1. The second kappa shape index (κ2) is 8.18. The first-order valence-electron chi connectivity index (χ1n) is 7.16. The van der Waals surface area contributed by atoms with Gasteiger partial charge in [0, 0.05) is 0 Å². The van der Waals surface area contributed by atoms with Gasteiger partial charge in [0.2, 0.25) is 0 Å².